The fourth-order valence-corrected chi connectivity index (χ4v) is 4.00. The number of rotatable bonds is 2. The van der Waals surface area contributed by atoms with Gasteiger partial charge >= 0.3 is 0 Å². The molecule has 19 heavy (non-hydrogen) atoms. The van der Waals surface area contributed by atoms with Crippen LogP contribution in [0.3, 0.4) is 0 Å². The maximum atomic E-state index is 12.6. The van der Waals surface area contributed by atoms with Crippen molar-refractivity contribution in [3.05, 3.63) is 0 Å². The van der Waals surface area contributed by atoms with Crippen LogP contribution >= 0.6 is 0 Å². The molecule has 0 aromatic rings. The smallest absolute Gasteiger partial charge is 0.225 e. The molecule has 0 aromatic heterocycles. The molecule has 1 atom stereocenters. The van der Waals surface area contributed by atoms with Crippen molar-refractivity contribution in [2.45, 2.75) is 63.0 Å². The van der Waals surface area contributed by atoms with Gasteiger partial charge in [0, 0.05) is 26.2 Å². The number of hydrogen-bond donors (Lipinski definition) is 1. The second-order valence-corrected chi connectivity index (χ2v) is 6.35. The molecule has 3 rings (SSSR count). The molecule has 0 bridgehead atoms. The summed E-state index contributed by atoms with van der Waals surface area (Å²) in [5.74, 6) is 0.329. The predicted octanol–water partition coefficient (Wildman–Crippen LogP) is 1.69. The molecule has 1 N–H and O–H groups in total. The zero-order chi connectivity index (χ0) is 13.1. The normalized spacial score (nSPS) is 30.7. The van der Waals surface area contributed by atoms with Crippen molar-refractivity contribution >= 4 is 5.91 Å². The lowest BCUT2D eigenvalue weighted by Crippen LogP contribution is -2.63. The van der Waals surface area contributed by atoms with Gasteiger partial charge in [-0.15, -0.1) is 0 Å². The van der Waals surface area contributed by atoms with E-state index in [2.05, 4.69) is 10.2 Å². The Labute approximate surface area is 115 Å². The topological polar surface area (TPSA) is 41.6 Å². The maximum absolute atomic E-state index is 12.6. The first-order valence-corrected chi connectivity index (χ1v) is 7.93. The number of piperazine rings is 1. The molecule has 3 fully saturated rings. The molecular weight excluding hydrogens is 240 g/mol. The molecule has 2 heterocycles. The van der Waals surface area contributed by atoms with Crippen LogP contribution in [-0.2, 0) is 9.53 Å². The number of amides is 1. The number of carbonyl (C=O) groups excluding carboxylic acids is 1. The summed E-state index contributed by atoms with van der Waals surface area (Å²) in [6, 6.07) is 0. The third-order valence-electron chi connectivity index (χ3n) is 5.05. The Kier molecular flexibility index (Phi) is 4.08. The minimum atomic E-state index is 0.117. The molecule has 2 aliphatic heterocycles. The monoisotopic (exact) mass is 266 g/mol. The van der Waals surface area contributed by atoms with Crippen LogP contribution in [0.15, 0.2) is 0 Å². The molecule has 1 unspecified atom stereocenters. The Bertz CT molecular complexity index is 312. The SMILES string of the molecule is O=C(CC1CCCO1)N1CCNCC12CCCCC2. The average Bonchev–Trinajstić information content (AvgIpc) is 2.93. The summed E-state index contributed by atoms with van der Waals surface area (Å²) in [7, 11) is 0. The number of nitrogens with zero attached hydrogens (tertiary/aromatic N) is 1. The van der Waals surface area contributed by atoms with Gasteiger partial charge < -0.3 is 15.0 Å². The van der Waals surface area contributed by atoms with E-state index in [1.807, 2.05) is 0 Å². The third kappa shape index (κ3) is 2.79. The summed E-state index contributed by atoms with van der Waals surface area (Å²) in [6.45, 7) is 3.65. The maximum Gasteiger partial charge on any atom is 0.225 e. The molecule has 0 aromatic carbocycles. The van der Waals surface area contributed by atoms with Gasteiger partial charge in [0.05, 0.1) is 18.1 Å². The highest BCUT2D eigenvalue weighted by molar-refractivity contribution is 5.78. The zero-order valence-electron chi connectivity index (χ0n) is 11.8. The molecule has 1 spiro atoms. The molecule has 1 aliphatic carbocycles. The van der Waals surface area contributed by atoms with Gasteiger partial charge in [-0.25, -0.2) is 0 Å². The lowest BCUT2D eigenvalue weighted by molar-refractivity contribution is -0.143. The van der Waals surface area contributed by atoms with E-state index in [4.69, 9.17) is 4.74 Å². The third-order valence-corrected chi connectivity index (χ3v) is 5.05. The largest absolute Gasteiger partial charge is 0.378 e. The van der Waals surface area contributed by atoms with Crippen molar-refractivity contribution in [2.75, 3.05) is 26.2 Å². The van der Waals surface area contributed by atoms with Crippen LogP contribution in [0.4, 0.5) is 0 Å². The van der Waals surface area contributed by atoms with Gasteiger partial charge in [0.2, 0.25) is 5.91 Å². The van der Waals surface area contributed by atoms with Crippen LogP contribution in [0.5, 0.6) is 0 Å². The van der Waals surface area contributed by atoms with Crippen molar-refractivity contribution in [2.24, 2.45) is 0 Å². The molecule has 2 saturated heterocycles. The van der Waals surface area contributed by atoms with Crippen molar-refractivity contribution < 1.29 is 9.53 Å². The summed E-state index contributed by atoms with van der Waals surface area (Å²) in [5.41, 5.74) is 0.117. The molecule has 3 aliphatic rings. The van der Waals surface area contributed by atoms with Crippen LogP contribution in [0.2, 0.25) is 0 Å². The van der Waals surface area contributed by atoms with E-state index in [-0.39, 0.29) is 11.6 Å². The lowest BCUT2D eigenvalue weighted by atomic mass is 9.78. The Hall–Kier alpha value is -0.610. The van der Waals surface area contributed by atoms with Crippen molar-refractivity contribution in [3.63, 3.8) is 0 Å². The fraction of sp³-hybridized carbons (Fsp3) is 0.933. The minimum Gasteiger partial charge on any atom is -0.378 e. The Morgan fingerprint density at radius 1 is 1.26 bits per heavy atom. The summed E-state index contributed by atoms with van der Waals surface area (Å²) in [6.07, 6.45) is 9.18. The van der Waals surface area contributed by atoms with Crippen LogP contribution in [0.1, 0.15) is 51.4 Å². The first kappa shape index (κ1) is 13.4. The van der Waals surface area contributed by atoms with Gasteiger partial charge in [-0.2, -0.15) is 0 Å². The summed E-state index contributed by atoms with van der Waals surface area (Å²) >= 11 is 0. The molecule has 108 valence electrons. The fourth-order valence-electron chi connectivity index (χ4n) is 4.00. The molecule has 1 amide bonds. The van der Waals surface area contributed by atoms with Crippen LogP contribution in [-0.4, -0.2) is 48.7 Å². The van der Waals surface area contributed by atoms with Crippen LogP contribution < -0.4 is 5.32 Å². The number of hydrogen-bond acceptors (Lipinski definition) is 3. The second kappa shape index (κ2) is 5.80. The Morgan fingerprint density at radius 3 is 2.84 bits per heavy atom. The molecule has 4 nitrogen and oxygen atoms in total. The van der Waals surface area contributed by atoms with Crippen molar-refractivity contribution in [1.29, 1.82) is 0 Å². The van der Waals surface area contributed by atoms with E-state index < -0.39 is 0 Å². The van der Waals surface area contributed by atoms with Gasteiger partial charge in [-0.1, -0.05) is 19.3 Å². The standard InChI is InChI=1S/C15H26N2O2/c18-14(11-13-5-4-10-19-13)17-9-8-16-12-15(17)6-2-1-3-7-15/h13,16H,1-12H2. The molecule has 1 saturated carbocycles. The lowest BCUT2D eigenvalue weighted by Gasteiger charge is -2.50. The summed E-state index contributed by atoms with van der Waals surface area (Å²) in [4.78, 5) is 14.8. The van der Waals surface area contributed by atoms with Gasteiger partial charge in [-0.05, 0) is 25.7 Å². The average molecular weight is 266 g/mol. The molecule has 4 heteroatoms. The van der Waals surface area contributed by atoms with E-state index >= 15 is 0 Å². The van der Waals surface area contributed by atoms with E-state index in [9.17, 15) is 4.79 Å². The highest BCUT2D eigenvalue weighted by Crippen LogP contribution is 2.35. The first-order valence-electron chi connectivity index (χ1n) is 7.93. The number of nitrogens with one attached hydrogen (secondary N) is 1. The summed E-state index contributed by atoms with van der Waals surface area (Å²) < 4.78 is 5.63. The number of ether oxygens (including phenoxy) is 1. The van der Waals surface area contributed by atoms with E-state index in [0.29, 0.717) is 12.3 Å². The number of carbonyl (C=O) groups is 1. The zero-order valence-corrected chi connectivity index (χ0v) is 11.8. The predicted molar refractivity (Wildman–Crippen MR) is 74.0 cm³/mol. The quantitative estimate of drug-likeness (QED) is 0.827. The molecule has 0 radical (unpaired) electrons. The van der Waals surface area contributed by atoms with Crippen molar-refractivity contribution in [1.82, 2.24) is 10.2 Å². The molecular formula is C15H26N2O2. The van der Waals surface area contributed by atoms with E-state index in [1.165, 1.54) is 32.1 Å². The Balaban J connectivity index is 1.66. The highest BCUT2D eigenvalue weighted by Gasteiger charge is 2.42. The highest BCUT2D eigenvalue weighted by atomic mass is 16.5. The van der Waals surface area contributed by atoms with Gasteiger partial charge in [-0.3, -0.25) is 4.79 Å². The van der Waals surface area contributed by atoms with Crippen LogP contribution in [0, 0.1) is 0 Å². The second-order valence-electron chi connectivity index (χ2n) is 6.35. The van der Waals surface area contributed by atoms with E-state index in [1.54, 1.807) is 0 Å². The summed E-state index contributed by atoms with van der Waals surface area (Å²) in [5, 5.41) is 3.50. The van der Waals surface area contributed by atoms with Gasteiger partial charge in [0.1, 0.15) is 0 Å². The van der Waals surface area contributed by atoms with Gasteiger partial charge in [0.25, 0.3) is 0 Å². The van der Waals surface area contributed by atoms with E-state index in [0.717, 1.165) is 39.1 Å². The van der Waals surface area contributed by atoms with Crippen LogP contribution in [0.25, 0.3) is 0 Å². The Morgan fingerprint density at radius 2 is 2.11 bits per heavy atom. The first-order chi connectivity index (χ1) is 9.30. The van der Waals surface area contributed by atoms with Gasteiger partial charge in [0.15, 0.2) is 0 Å². The minimum absolute atomic E-state index is 0.117. The van der Waals surface area contributed by atoms with Crippen molar-refractivity contribution in [3.8, 4) is 0 Å².